The van der Waals surface area contributed by atoms with Gasteiger partial charge in [-0.3, -0.25) is 9.59 Å². The second-order valence-corrected chi connectivity index (χ2v) is 8.75. The Balaban J connectivity index is 0.000000189. The quantitative estimate of drug-likeness (QED) is 0.211. The number of hydrogen-bond donors (Lipinski definition) is 2. The lowest BCUT2D eigenvalue weighted by atomic mass is 9.87. The Morgan fingerprint density at radius 2 is 1.33 bits per heavy atom. The van der Waals surface area contributed by atoms with Crippen molar-refractivity contribution in [1.82, 2.24) is 0 Å². The van der Waals surface area contributed by atoms with E-state index in [1.807, 2.05) is 6.92 Å². The van der Waals surface area contributed by atoms with Gasteiger partial charge in [-0.2, -0.15) is 0 Å². The van der Waals surface area contributed by atoms with Gasteiger partial charge in [0.25, 0.3) is 0 Å². The number of carboxylic acid groups (broad SMARTS) is 2. The molecule has 0 saturated carbocycles. The highest BCUT2D eigenvalue weighted by Crippen LogP contribution is 2.38. The molecule has 0 heterocycles. The highest BCUT2D eigenvalue weighted by atomic mass is 16.6. The van der Waals surface area contributed by atoms with Gasteiger partial charge in [-0.1, -0.05) is 91.9 Å². The van der Waals surface area contributed by atoms with Crippen LogP contribution in [0.3, 0.4) is 0 Å². The predicted molar refractivity (Wildman–Crippen MR) is 139 cm³/mol. The highest BCUT2D eigenvalue weighted by molar-refractivity contribution is 6.23. The summed E-state index contributed by atoms with van der Waals surface area (Å²) in [4.78, 5) is 32.5. The van der Waals surface area contributed by atoms with E-state index in [9.17, 15) is 14.4 Å². The Kier molecular flexibility index (Phi) is 7.15. The zero-order valence-electron chi connectivity index (χ0n) is 20.0. The summed E-state index contributed by atoms with van der Waals surface area (Å²) in [5, 5.41) is 25.3. The topological polar surface area (TPSA) is 101 Å². The maximum Gasteiger partial charge on any atom is 0.349 e. The normalized spacial score (nSPS) is 12.6. The largest absolute Gasteiger partial charge is 0.481 e. The van der Waals surface area contributed by atoms with Gasteiger partial charge in [0.05, 0.1) is 6.42 Å². The molecule has 5 aromatic carbocycles. The molecule has 0 aliphatic heterocycles. The van der Waals surface area contributed by atoms with Crippen molar-refractivity contribution in [3.05, 3.63) is 96.1 Å². The van der Waals surface area contributed by atoms with Gasteiger partial charge in [0, 0.05) is 12.5 Å². The van der Waals surface area contributed by atoms with Crippen LogP contribution >= 0.6 is 0 Å². The molecular formula is C30H26O6. The molecule has 0 fully saturated rings. The van der Waals surface area contributed by atoms with Crippen molar-refractivity contribution < 1.29 is 29.3 Å². The summed E-state index contributed by atoms with van der Waals surface area (Å²) in [6.45, 7) is 3.17. The first-order valence-corrected chi connectivity index (χ1v) is 11.6. The van der Waals surface area contributed by atoms with Gasteiger partial charge in [0.1, 0.15) is 0 Å². The van der Waals surface area contributed by atoms with Crippen LogP contribution in [0.25, 0.3) is 32.3 Å². The van der Waals surface area contributed by atoms with Crippen LogP contribution in [0.2, 0.25) is 0 Å². The smallest absolute Gasteiger partial charge is 0.349 e. The molecule has 0 spiro atoms. The zero-order valence-corrected chi connectivity index (χ0v) is 20.0. The van der Waals surface area contributed by atoms with Crippen LogP contribution in [0, 0.1) is 0 Å². The van der Waals surface area contributed by atoms with Gasteiger partial charge in [-0.05, 0) is 43.8 Å². The Labute approximate surface area is 208 Å². The average Bonchev–Trinajstić information content (AvgIpc) is 2.86. The van der Waals surface area contributed by atoms with Gasteiger partial charge in [-0.15, -0.1) is 0 Å². The van der Waals surface area contributed by atoms with E-state index in [2.05, 4.69) is 59.3 Å². The van der Waals surface area contributed by atoms with Crippen molar-refractivity contribution in [2.45, 2.75) is 32.3 Å². The Bertz CT molecular complexity index is 1520. The second-order valence-electron chi connectivity index (χ2n) is 8.75. The highest BCUT2D eigenvalue weighted by Gasteiger charge is 2.22. The Hall–Kier alpha value is -4.45. The van der Waals surface area contributed by atoms with Crippen LogP contribution in [-0.2, 0) is 19.1 Å². The van der Waals surface area contributed by atoms with E-state index in [4.69, 9.17) is 10.2 Å². The molecule has 182 valence electrons. The van der Waals surface area contributed by atoms with Crippen LogP contribution < -0.4 is 0 Å². The minimum absolute atomic E-state index is 0.00192. The van der Waals surface area contributed by atoms with E-state index >= 15 is 0 Å². The number of carbonyl (C=O) groups excluding carboxylic acids is 1. The van der Waals surface area contributed by atoms with E-state index in [1.165, 1.54) is 39.2 Å². The molecule has 1 unspecified atom stereocenters. The Morgan fingerprint density at radius 3 is 1.92 bits per heavy atom. The minimum Gasteiger partial charge on any atom is -0.481 e. The Morgan fingerprint density at radius 1 is 0.750 bits per heavy atom. The summed E-state index contributed by atoms with van der Waals surface area (Å²) in [6, 6.07) is 27.5. The molecule has 5 aromatic rings. The predicted octanol–water partition coefficient (Wildman–Crippen LogP) is 6.54. The van der Waals surface area contributed by atoms with Crippen LogP contribution in [0.5, 0.6) is 0 Å². The molecule has 0 amide bonds. The molecule has 0 aliphatic carbocycles. The van der Waals surface area contributed by atoms with Crippen LogP contribution in [0.1, 0.15) is 43.4 Å². The van der Waals surface area contributed by atoms with E-state index in [1.54, 1.807) is 30.3 Å². The van der Waals surface area contributed by atoms with E-state index in [0.29, 0.717) is 5.56 Å². The van der Waals surface area contributed by atoms with Crippen molar-refractivity contribution >= 4 is 50.2 Å². The van der Waals surface area contributed by atoms with Crippen LogP contribution in [0.15, 0.2) is 84.9 Å². The van der Waals surface area contributed by atoms with Gasteiger partial charge in [0.2, 0.25) is 6.10 Å². The van der Waals surface area contributed by atoms with Crippen molar-refractivity contribution in [3.8, 4) is 0 Å². The molecule has 6 heteroatoms. The fourth-order valence-corrected chi connectivity index (χ4v) is 4.61. The number of hydrogen-bond acceptors (Lipinski definition) is 4. The number of carboxylic acids is 2. The summed E-state index contributed by atoms with van der Waals surface area (Å²) in [5.74, 6) is -2.53. The van der Waals surface area contributed by atoms with Gasteiger partial charge < -0.3 is 14.9 Å². The maximum absolute atomic E-state index is 11.1. The molecule has 0 saturated heterocycles. The summed E-state index contributed by atoms with van der Waals surface area (Å²) in [6.07, 6.45) is -1.06. The molecule has 0 radical (unpaired) electrons. The van der Waals surface area contributed by atoms with Crippen molar-refractivity contribution in [2.24, 2.45) is 0 Å². The first-order valence-electron chi connectivity index (χ1n) is 11.6. The fraction of sp³-hybridized carbons (Fsp3) is 0.167. The van der Waals surface area contributed by atoms with Gasteiger partial charge in [0.15, 0.2) is 0 Å². The third-order valence-corrected chi connectivity index (χ3v) is 6.18. The third kappa shape index (κ3) is 5.13. The third-order valence-electron chi connectivity index (χ3n) is 6.18. The zero-order chi connectivity index (χ0) is 25.8. The number of esters is 1. The maximum atomic E-state index is 11.1. The molecular weight excluding hydrogens is 456 g/mol. The molecule has 2 atom stereocenters. The standard InChI is InChI=1S/C20H16O2.C10H10O4/c1-12(11-18(21)22)16-9-7-15-6-5-13-3-2-4-14-8-10-17(16)20(15)19(13)14;1-7(11)14-9(10(12)13)8-5-3-2-4-6-8/h2-10,12H,11H2,1H3,(H,21,22);2-6,9H,1H3,(H,12,13)/t;9-/m.1/s1. The van der Waals surface area contributed by atoms with Crippen molar-refractivity contribution in [2.75, 3.05) is 0 Å². The molecule has 0 aromatic heterocycles. The number of ether oxygens (including phenoxy) is 1. The van der Waals surface area contributed by atoms with Gasteiger partial charge in [-0.25, -0.2) is 4.79 Å². The first-order chi connectivity index (χ1) is 17.3. The van der Waals surface area contributed by atoms with Crippen molar-refractivity contribution in [3.63, 3.8) is 0 Å². The number of carbonyl (C=O) groups is 3. The van der Waals surface area contributed by atoms with Crippen LogP contribution in [-0.4, -0.2) is 28.1 Å². The monoisotopic (exact) mass is 482 g/mol. The summed E-state index contributed by atoms with van der Waals surface area (Å²) >= 11 is 0. The first kappa shape index (κ1) is 24.7. The van der Waals surface area contributed by atoms with Crippen molar-refractivity contribution in [1.29, 1.82) is 0 Å². The van der Waals surface area contributed by atoms with E-state index in [-0.39, 0.29) is 12.3 Å². The second kappa shape index (κ2) is 10.4. The SMILES string of the molecule is CC(=O)O[C@@H](C(=O)O)c1ccccc1.CC(CC(=O)O)c1ccc2ccc3cccc4ccc1c2c34. The summed E-state index contributed by atoms with van der Waals surface area (Å²) in [7, 11) is 0. The summed E-state index contributed by atoms with van der Waals surface area (Å²) < 4.78 is 4.66. The van der Waals surface area contributed by atoms with Gasteiger partial charge >= 0.3 is 17.9 Å². The lowest BCUT2D eigenvalue weighted by Gasteiger charge is -2.17. The summed E-state index contributed by atoms with van der Waals surface area (Å²) in [5.41, 5.74) is 1.57. The molecule has 0 bridgehead atoms. The average molecular weight is 483 g/mol. The lowest BCUT2D eigenvalue weighted by molar-refractivity contribution is -0.163. The van der Waals surface area contributed by atoms with E-state index in [0.717, 1.165) is 5.56 Å². The lowest BCUT2D eigenvalue weighted by Crippen LogP contribution is -2.17. The molecule has 2 N–H and O–H groups in total. The number of benzene rings is 5. The molecule has 5 rings (SSSR count). The fourth-order valence-electron chi connectivity index (χ4n) is 4.61. The molecule has 0 aliphatic rings. The minimum atomic E-state index is -1.21. The number of aliphatic carboxylic acids is 2. The van der Waals surface area contributed by atoms with Crippen LogP contribution in [0.4, 0.5) is 0 Å². The number of rotatable bonds is 6. The van der Waals surface area contributed by atoms with E-state index < -0.39 is 24.0 Å². The molecule has 36 heavy (non-hydrogen) atoms. The molecule has 6 nitrogen and oxygen atoms in total.